The molecule has 2 amide bonds. The highest BCUT2D eigenvalue weighted by Crippen LogP contribution is 2.08. The highest BCUT2D eigenvalue weighted by atomic mass is 19.3. The van der Waals surface area contributed by atoms with Crippen molar-refractivity contribution in [2.24, 2.45) is 5.73 Å². The maximum Gasteiger partial charge on any atom is 0.277 e. The van der Waals surface area contributed by atoms with E-state index in [0.29, 0.717) is 6.42 Å². The molecule has 3 N–H and O–H groups in total. The van der Waals surface area contributed by atoms with E-state index in [4.69, 9.17) is 5.73 Å². The van der Waals surface area contributed by atoms with Crippen molar-refractivity contribution in [2.75, 3.05) is 27.2 Å². The minimum Gasteiger partial charge on any atom is -0.350 e. The lowest BCUT2D eigenvalue weighted by Gasteiger charge is -2.14. The van der Waals surface area contributed by atoms with Gasteiger partial charge in [-0.25, -0.2) is 8.78 Å². The number of carbonyl (C=O) groups excluding carboxylic acids is 2. The van der Waals surface area contributed by atoms with Crippen LogP contribution in [0, 0.1) is 0 Å². The predicted molar refractivity (Wildman–Crippen MR) is 59.6 cm³/mol. The molecule has 0 fully saturated rings. The van der Waals surface area contributed by atoms with Crippen LogP contribution in [0.3, 0.4) is 0 Å². The molecule has 7 heteroatoms. The number of carbonyl (C=O) groups is 2. The van der Waals surface area contributed by atoms with Gasteiger partial charge in [-0.15, -0.1) is 0 Å². The molecule has 0 aliphatic rings. The second-order valence-electron chi connectivity index (χ2n) is 3.98. The van der Waals surface area contributed by atoms with Gasteiger partial charge in [-0.3, -0.25) is 9.59 Å². The molecule has 0 aliphatic carbocycles. The van der Waals surface area contributed by atoms with Gasteiger partial charge in [-0.1, -0.05) is 0 Å². The van der Waals surface area contributed by atoms with Crippen LogP contribution >= 0.6 is 0 Å². The topological polar surface area (TPSA) is 75.4 Å². The van der Waals surface area contributed by atoms with E-state index >= 15 is 0 Å². The number of halogens is 2. The minimum absolute atomic E-state index is 0.0558. The van der Waals surface area contributed by atoms with Gasteiger partial charge in [0.25, 0.3) is 5.92 Å². The summed E-state index contributed by atoms with van der Waals surface area (Å²) >= 11 is 0. The van der Waals surface area contributed by atoms with E-state index in [1.165, 1.54) is 4.90 Å². The summed E-state index contributed by atoms with van der Waals surface area (Å²) in [5.74, 6) is -3.66. The van der Waals surface area contributed by atoms with Gasteiger partial charge in [0.2, 0.25) is 11.8 Å². The Kier molecular flexibility index (Phi) is 6.64. The zero-order valence-electron chi connectivity index (χ0n) is 10.1. The average molecular weight is 251 g/mol. The Morgan fingerprint density at radius 1 is 1.29 bits per heavy atom. The van der Waals surface area contributed by atoms with Crippen molar-refractivity contribution in [1.29, 1.82) is 0 Å². The van der Waals surface area contributed by atoms with E-state index in [9.17, 15) is 18.4 Å². The van der Waals surface area contributed by atoms with Crippen molar-refractivity contribution in [3.05, 3.63) is 0 Å². The number of alkyl halides is 2. The van der Waals surface area contributed by atoms with Crippen LogP contribution in [0.4, 0.5) is 8.78 Å². The van der Waals surface area contributed by atoms with Crippen LogP contribution < -0.4 is 11.1 Å². The number of nitrogens with one attached hydrogen (secondary N) is 1. The van der Waals surface area contributed by atoms with Crippen LogP contribution in [0.5, 0.6) is 0 Å². The maximum atomic E-state index is 12.7. The number of hydrogen-bond acceptors (Lipinski definition) is 3. The predicted octanol–water partition coefficient (Wildman–Crippen LogP) is -0.0449. The first kappa shape index (κ1) is 15.8. The van der Waals surface area contributed by atoms with Gasteiger partial charge in [0, 0.05) is 26.9 Å². The average Bonchev–Trinajstić information content (AvgIpc) is 2.26. The highest BCUT2D eigenvalue weighted by Gasteiger charge is 2.26. The molecule has 0 aromatic heterocycles. The molecule has 0 unspecified atom stereocenters. The number of hydrogen-bond donors (Lipinski definition) is 2. The van der Waals surface area contributed by atoms with E-state index in [1.54, 1.807) is 14.1 Å². The smallest absolute Gasteiger partial charge is 0.277 e. The van der Waals surface area contributed by atoms with Gasteiger partial charge in [-0.2, -0.15) is 0 Å². The summed E-state index contributed by atoms with van der Waals surface area (Å²) in [6.45, 7) is -1.56. The van der Waals surface area contributed by atoms with Crippen molar-refractivity contribution in [2.45, 2.75) is 25.2 Å². The van der Waals surface area contributed by atoms with E-state index in [0.717, 1.165) is 0 Å². The Labute approximate surface area is 99.3 Å². The van der Waals surface area contributed by atoms with Crippen LogP contribution in [0.1, 0.15) is 19.3 Å². The van der Waals surface area contributed by atoms with Crippen LogP contribution in [-0.4, -0.2) is 49.8 Å². The van der Waals surface area contributed by atoms with E-state index in [-0.39, 0.29) is 18.7 Å². The first-order chi connectivity index (χ1) is 7.78. The summed E-state index contributed by atoms with van der Waals surface area (Å²) in [6, 6.07) is 0. The fraction of sp³-hybridized carbons (Fsp3) is 0.800. The SMILES string of the molecule is CN(C)C(=O)CCCC(=O)NCC(F)(F)CN. The Hall–Kier alpha value is -1.24. The third-order valence-electron chi connectivity index (χ3n) is 2.14. The first-order valence-corrected chi connectivity index (χ1v) is 5.33. The Balaban J connectivity index is 3.71. The molecule has 0 aromatic rings. The Morgan fingerprint density at radius 3 is 2.35 bits per heavy atom. The number of nitrogens with zero attached hydrogens (tertiary/aromatic N) is 1. The summed E-state index contributed by atoms with van der Waals surface area (Å²) < 4.78 is 25.3. The van der Waals surface area contributed by atoms with Crippen LogP contribution in [0.2, 0.25) is 0 Å². The van der Waals surface area contributed by atoms with E-state index in [1.807, 2.05) is 0 Å². The van der Waals surface area contributed by atoms with Gasteiger partial charge >= 0.3 is 0 Å². The van der Waals surface area contributed by atoms with Gasteiger partial charge < -0.3 is 16.0 Å². The number of rotatable bonds is 7. The quantitative estimate of drug-likeness (QED) is 0.666. The highest BCUT2D eigenvalue weighted by molar-refractivity contribution is 5.78. The molecule has 5 nitrogen and oxygen atoms in total. The second kappa shape index (κ2) is 7.16. The van der Waals surface area contributed by atoms with Crippen molar-refractivity contribution in [1.82, 2.24) is 10.2 Å². The van der Waals surface area contributed by atoms with E-state index in [2.05, 4.69) is 5.32 Å². The molecular formula is C10H19F2N3O2. The molecule has 0 saturated heterocycles. The lowest BCUT2D eigenvalue weighted by Crippen LogP contribution is -2.41. The van der Waals surface area contributed by atoms with Crippen molar-refractivity contribution in [3.8, 4) is 0 Å². The molecule has 0 radical (unpaired) electrons. The van der Waals surface area contributed by atoms with Gasteiger partial charge in [0.15, 0.2) is 0 Å². The monoisotopic (exact) mass is 251 g/mol. The molecular weight excluding hydrogens is 232 g/mol. The third kappa shape index (κ3) is 7.62. The normalized spacial score (nSPS) is 11.1. The molecule has 0 spiro atoms. The Morgan fingerprint density at radius 2 is 1.88 bits per heavy atom. The number of nitrogens with two attached hydrogens (primary N) is 1. The van der Waals surface area contributed by atoms with Gasteiger partial charge in [0.1, 0.15) is 0 Å². The fourth-order valence-electron chi connectivity index (χ4n) is 1.01. The zero-order chi connectivity index (χ0) is 13.5. The van der Waals surface area contributed by atoms with Crippen LogP contribution in [0.15, 0.2) is 0 Å². The van der Waals surface area contributed by atoms with Crippen molar-refractivity contribution < 1.29 is 18.4 Å². The Bertz CT molecular complexity index is 270. The molecule has 0 rings (SSSR count). The number of amides is 2. The molecule has 0 heterocycles. The first-order valence-electron chi connectivity index (χ1n) is 5.33. The summed E-state index contributed by atoms with van der Waals surface area (Å²) in [5, 5.41) is 2.08. The lowest BCUT2D eigenvalue weighted by atomic mass is 10.2. The molecule has 0 aliphatic heterocycles. The van der Waals surface area contributed by atoms with Crippen molar-refractivity contribution >= 4 is 11.8 Å². The van der Waals surface area contributed by atoms with Gasteiger partial charge in [-0.05, 0) is 6.42 Å². The third-order valence-corrected chi connectivity index (χ3v) is 2.14. The van der Waals surface area contributed by atoms with Gasteiger partial charge in [0.05, 0.1) is 13.1 Å². The fourth-order valence-corrected chi connectivity index (χ4v) is 1.01. The standard InChI is InChI=1S/C10H19F2N3O2/c1-15(2)9(17)5-3-4-8(16)14-7-10(11,12)6-13/h3-7,13H2,1-2H3,(H,14,16). The zero-order valence-corrected chi connectivity index (χ0v) is 10.1. The molecule has 0 aromatic carbocycles. The summed E-state index contributed by atoms with van der Waals surface area (Å²) in [5.41, 5.74) is 4.81. The summed E-state index contributed by atoms with van der Waals surface area (Å²) in [4.78, 5) is 23.7. The van der Waals surface area contributed by atoms with Crippen molar-refractivity contribution in [3.63, 3.8) is 0 Å². The van der Waals surface area contributed by atoms with Crippen LogP contribution in [-0.2, 0) is 9.59 Å². The summed E-state index contributed by atoms with van der Waals surface area (Å²) in [7, 11) is 3.23. The molecule has 100 valence electrons. The largest absolute Gasteiger partial charge is 0.350 e. The molecule has 0 atom stereocenters. The van der Waals surface area contributed by atoms with Crippen LogP contribution in [0.25, 0.3) is 0 Å². The van der Waals surface area contributed by atoms with E-state index < -0.39 is 24.9 Å². The molecule has 0 saturated carbocycles. The lowest BCUT2D eigenvalue weighted by molar-refractivity contribution is -0.129. The summed E-state index contributed by atoms with van der Waals surface area (Å²) in [6.07, 6.45) is 0.630. The maximum absolute atomic E-state index is 12.7. The second-order valence-corrected chi connectivity index (χ2v) is 3.98. The minimum atomic E-state index is -3.07. The molecule has 17 heavy (non-hydrogen) atoms. The molecule has 0 bridgehead atoms.